The molecule has 0 unspecified atom stereocenters. The Kier molecular flexibility index (Phi) is 5.93. The van der Waals surface area contributed by atoms with Gasteiger partial charge in [0.2, 0.25) is 0 Å². The summed E-state index contributed by atoms with van der Waals surface area (Å²) in [6.07, 6.45) is 1.09. The van der Waals surface area contributed by atoms with E-state index in [0.717, 1.165) is 6.26 Å². The summed E-state index contributed by atoms with van der Waals surface area (Å²) >= 11 is 0. The normalized spacial score (nSPS) is 11.0. The standard InChI is InChI=1S/C18H18O6S/c1-13(19)16-5-3-4-6-17(16)23-11-12-24-18(20)14-7-9-15(10-8-14)25(2,21)22/h3-10H,11-12H2,1-2H3. The molecule has 0 bridgehead atoms. The second-order valence-corrected chi connectivity index (χ2v) is 7.35. The van der Waals surface area contributed by atoms with E-state index in [4.69, 9.17) is 9.47 Å². The molecule has 0 aliphatic carbocycles. The Bertz CT molecular complexity index is 869. The second-order valence-electron chi connectivity index (χ2n) is 5.33. The average Bonchev–Trinajstić information content (AvgIpc) is 2.58. The molecule has 0 aliphatic heterocycles. The number of ether oxygens (including phenoxy) is 2. The van der Waals surface area contributed by atoms with Crippen LogP contribution in [0.3, 0.4) is 0 Å². The van der Waals surface area contributed by atoms with Gasteiger partial charge in [0.25, 0.3) is 0 Å². The zero-order valence-electron chi connectivity index (χ0n) is 13.9. The molecule has 0 spiro atoms. The predicted octanol–water partition coefficient (Wildman–Crippen LogP) is 2.53. The maximum atomic E-state index is 11.9. The van der Waals surface area contributed by atoms with Crippen LogP contribution in [-0.2, 0) is 14.6 Å². The Morgan fingerprint density at radius 1 is 0.960 bits per heavy atom. The van der Waals surface area contributed by atoms with Crippen LogP contribution < -0.4 is 4.74 Å². The first-order chi connectivity index (χ1) is 11.8. The highest BCUT2D eigenvalue weighted by Crippen LogP contribution is 2.18. The Morgan fingerprint density at radius 2 is 1.60 bits per heavy atom. The minimum Gasteiger partial charge on any atom is -0.489 e. The van der Waals surface area contributed by atoms with E-state index in [1.54, 1.807) is 24.3 Å². The Hall–Kier alpha value is -2.67. The predicted molar refractivity (Wildman–Crippen MR) is 91.8 cm³/mol. The molecule has 0 atom stereocenters. The molecule has 2 rings (SSSR count). The number of esters is 1. The Morgan fingerprint density at radius 3 is 2.20 bits per heavy atom. The van der Waals surface area contributed by atoms with Crippen LogP contribution in [-0.4, -0.2) is 39.6 Å². The maximum Gasteiger partial charge on any atom is 0.338 e. The lowest BCUT2D eigenvalue weighted by Crippen LogP contribution is -2.13. The summed E-state index contributed by atoms with van der Waals surface area (Å²) in [6, 6.07) is 12.3. The van der Waals surface area contributed by atoms with E-state index in [9.17, 15) is 18.0 Å². The Balaban J connectivity index is 1.88. The van der Waals surface area contributed by atoms with E-state index in [1.165, 1.54) is 31.2 Å². The molecule has 0 amide bonds. The molecule has 0 saturated heterocycles. The topological polar surface area (TPSA) is 86.7 Å². The van der Waals surface area contributed by atoms with Gasteiger partial charge in [-0.3, -0.25) is 4.79 Å². The van der Waals surface area contributed by atoms with E-state index in [0.29, 0.717) is 11.3 Å². The smallest absolute Gasteiger partial charge is 0.338 e. The quantitative estimate of drug-likeness (QED) is 0.427. The minimum atomic E-state index is -3.31. The number of hydrogen-bond donors (Lipinski definition) is 0. The monoisotopic (exact) mass is 362 g/mol. The van der Waals surface area contributed by atoms with Crippen molar-refractivity contribution in [2.24, 2.45) is 0 Å². The van der Waals surface area contributed by atoms with Crippen molar-refractivity contribution in [1.29, 1.82) is 0 Å². The van der Waals surface area contributed by atoms with Crippen molar-refractivity contribution < 1.29 is 27.5 Å². The van der Waals surface area contributed by atoms with Crippen molar-refractivity contribution in [3.05, 3.63) is 59.7 Å². The third-order valence-corrected chi connectivity index (χ3v) is 4.49. The molecular weight excluding hydrogens is 344 g/mol. The fraction of sp³-hybridized carbons (Fsp3) is 0.222. The fourth-order valence-corrected chi connectivity index (χ4v) is 2.72. The highest BCUT2D eigenvalue weighted by atomic mass is 32.2. The molecule has 132 valence electrons. The molecule has 0 N–H and O–H groups in total. The van der Waals surface area contributed by atoms with Crippen LogP contribution >= 0.6 is 0 Å². The van der Waals surface area contributed by atoms with Crippen molar-refractivity contribution in [3.63, 3.8) is 0 Å². The summed E-state index contributed by atoms with van der Waals surface area (Å²) in [6.45, 7) is 1.54. The molecule has 2 aromatic rings. The molecule has 6 nitrogen and oxygen atoms in total. The lowest BCUT2D eigenvalue weighted by Gasteiger charge is -2.10. The first-order valence-electron chi connectivity index (χ1n) is 7.49. The summed E-state index contributed by atoms with van der Waals surface area (Å²) in [4.78, 5) is 23.5. The first kappa shape index (κ1) is 18.7. The molecule has 0 heterocycles. The van der Waals surface area contributed by atoms with E-state index >= 15 is 0 Å². The second kappa shape index (κ2) is 7.94. The SMILES string of the molecule is CC(=O)c1ccccc1OCCOC(=O)c1ccc(S(C)(=O)=O)cc1. The van der Waals surface area contributed by atoms with Gasteiger partial charge in [0, 0.05) is 6.26 Å². The summed E-state index contributed by atoms with van der Waals surface area (Å²) in [5, 5.41) is 0. The number of Topliss-reactive ketones (excluding diaryl/α,β-unsaturated/α-hetero) is 1. The van der Waals surface area contributed by atoms with Gasteiger partial charge >= 0.3 is 5.97 Å². The van der Waals surface area contributed by atoms with Crippen molar-refractivity contribution in [1.82, 2.24) is 0 Å². The summed E-state index contributed by atoms with van der Waals surface area (Å²) in [5.41, 5.74) is 0.710. The van der Waals surface area contributed by atoms with Crippen LogP contribution in [0.5, 0.6) is 5.75 Å². The third kappa shape index (κ3) is 5.15. The van der Waals surface area contributed by atoms with E-state index in [-0.39, 0.29) is 29.5 Å². The summed E-state index contributed by atoms with van der Waals surface area (Å²) in [7, 11) is -3.31. The number of carbonyl (C=O) groups is 2. The molecule has 7 heteroatoms. The van der Waals surface area contributed by atoms with Gasteiger partial charge in [-0.1, -0.05) is 12.1 Å². The number of carbonyl (C=O) groups excluding carboxylic acids is 2. The van der Waals surface area contributed by atoms with Crippen LogP contribution in [0.15, 0.2) is 53.4 Å². The molecule has 2 aromatic carbocycles. The van der Waals surface area contributed by atoms with E-state index in [1.807, 2.05) is 0 Å². The minimum absolute atomic E-state index is 0.00109. The van der Waals surface area contributed by atoms with Crippen LogP contribution in [0.2, 0.25) is 0 Å². The van der Waals surface area contributed by atoms with Crippen molar-refractivity contribution in [2.45, 2.75) is 11.8 Å². The van der Waals surface area contributed by atoms with Crippen molar-refractivity contribution in [2.75, 3.05) is 19.5 Å². The largest absolute Gasteiger partial charge is 0.489 e. The number of ketones is 1. The third-order valence-electron chi connectivity index (χ3n) is 3.36. The van der Waals surface area contributed by atoms with Gasteiger partial charge in [0.05, 0.1) is 16.0 Å². The highest BCUT2D eigenvalue weighted by Gasteiger charge is 2.11. The van der Waals surface area contributed by atoms with Crippen LogP contribution in [0, 0.1) is 0 Å². The zero-order valence-corrected chi connectivity index (χ0v) is 14.7. The highest BCUT2D eigenvalue weighted by molar-refractivity contribution is 7.90. The van der Waals surface area contributed by atoms with Gasteiger partial charge in [0.15, 0.2) is 15.6 Å². The molecule has 0 aliphatic rings. The van der Waals surface area contributed by atoms with Gasteiger partial charge in [-0.2, -0.15) is 0 Å². The number of sulfone groups is 1. The molecular formula is C18H18O6S. The molecule has 0 fully saturated rings. The van der Waals surface area contributed by atoms with Gasteiger partial charge < -0.3 is 9.47 Å². The zero-order chi connectivity index (χ0) is 18.4. The van der Waals surface area contributed by atoms with Crippen molar-refractivity contribution in [3.8, 4) is 5.75 Å². The van der Waals surface area contributed by atoms with Gasteiger partial charge in [0.1, 0.15) is 19.0 Å². The molecule has 25 heavy (non-hydrogen) atoms. The van der Waals surface area contributed by atoms with Crippen LogP contribution in [0.1, 0.15) is 27.6 Å². The first-order valence-corrected chi connectivity index (χ1v) is 9.38. The lowest BCUT2D eigenvalue weighted by atomic mass is 10.1. The molecule has 0 radical (unpaired) electrons. The van der Waals surface area contributed by atoms with Gasteiger partial charge in [-0.05, 0) is 43.3 Å². The summed E-state index contributed by atoms with van der Waals surface area (Å²) in [5.74, 6) is -0.259. The molecule has 0 saturated carbocycles. The lowest BCUT2D eigenvalue weighted by molar-refractivity contribution is 0.0449. The maximum absolute atomic E-state index is 11.9. The van der Waals surface area contributed by atoms with E-state index < -0.39 is 15.8 Å². The number of hydrogen-bond acceptors (Lipinski definition) is 6. The van der Waals surface area contributed by atoms with E-state index in [2.05, 4.69) is 0 Å². The van der Waals surface area contributed by atoms with Crippen molar-refractivity contribution >= 4 is 21.6 Å². The number of rotatable bonds is 7. The Labute approximate surface area is 146 Å². The van der Waals surface area contributed by atoms with Crippen LogP contribution in [0.25, 0.3) is 0 Å². The summed E-state index contributed by atoms with van der Waals surface area (Å²) < 4.78 is 33.3. The van der Waals surface area contributed by atoms with Gasteiger partial charge in [-0.25, -0.2) is 13.2 Å². The number of benzene rings is 2. The number of para-hydroxylation sites is 1. The van der Waals surface area contributed by atoms with Crippen LogP contribution in [0.4, 0.5) is 0 Å². The van der Waals surface area contributed by atoms with Gasteiger partial charge in [-0.15, -0.1) is 0 Å². The fourth-order valence-electron chi connectivity index (χ4n) is 2.09. The average molecular weight is 362 g/mol. The molecule has 0 aromatic heterocycles.